The Bertz CT molecular complexity index is 412. The van der Waals surface area contributed by atoms with Gasteiger partial charge in [0, 0.05) is 19.8 Å². The van der Waals surface area contributed by atoms with Gasteiger partial charge in [-0.05, 0) is 38.0 Å². The number of piperazine rings is 1. The molecule has 5 heteroatoms. The summed E-state index contributed by atoms with van der Waals surface area (Å²) in [6.07, 6.45) is 6.39. The first kappa shape index (κ1) is 14.8. The van der Waals surface area contributed by atoms with Crippen LogP contribution in [0.3, 0.4) is 0 Å². The highest BCUT2D eigenvalue weighted by molar-refractivity contribution is 6.00. The van der Waals surface area contributed by atoms with Crippen LogP contribution in [0.5, 0.6) is 0 Å². The van der Waals surface area contributed by atoms with Crippen LogP contribution >= 0.6 is 0 Å². The molecule has 2 saturated heterocycles. The van der Waals surface area contributed by atoms with Gasteiger partial charge in [-0.1, -0.05) is 19.8 Å². The summed E-state index contributed by atoms with van der Waals surface area (Å²) in [6.45, 7) is 4.31. The van der Waals surface area contributed by atoms with Crippen molar-refractivity contribution in [1.82, 2.24) is 10.2 Å². The lowest BCUT2D eigenvalue weighted by atomic mass is 9.89. The molecule has 1 aliphatic carbocycles. The van der Waals surface area contributed by atoms with Crippen LogP contribution in [0.25, 0.3) is 0 Å². The molecule has 3 rings (SSSR count). The lowest BCUT2D eigenvalue weighted by Crippen LogP contribution is -2.69. The Balaban J connectivity index is 1.72. The SMILES string of the molecule is CCC1C(=O)NC2(CCCC2)C(=O)N1CCC1CCOC1. The second-order valence-electron chi connectivity index (χ2n) is 6.72. The number of hydrogen-bond donors (Lipinski definition) is 1. The number of carbonyl (C=O) groups is 2. The molecular weight excluding hydrogens is 268 g/mol. The van der Waals surface area contributed by atoms with Crippen LogP contribution < -0.4 is 5.32 Å². The topological polar surface area (TPSA) is 58.6 Å². The first-order valence-corrected chi connectivity index (χ1v) is 8.37. The summed E-state index contributed by atoms with van der Waals surface area (Å²) in [4.78, 5) is 27.2. The van der Waals surface area contributed by atoms with E-state index in [2.05, 4.69) is 5.32 Å². The third-order valence-electron chi connectivity index (χ3n) is 5.36. The number of nitrogens with zero attached hydrogens (tertiary/aromatic N) is 1. The third-order valence-corrected chi connectivity index (χ3v) is 5.36. The Morgan fingerprint density at radius 1 is 1.33 bits per heavy atom. The fraction of sp³-hybridized carbons (Fsp3) is 0.875. The predicted octanol–water partition coefficient (Wildman–Crippen LogP) is 1.46. The molecule has 3 aliphatic rings. The van der Waals surface area contributed by atoms with Crippen molar-refractivity contribution in [1.29, 1.82) is 0 Å². The van der Waals surface area contributed by atoms with Crippen LogP contribution in [0.2, 0.25) is 0 Å². The summed E-state index contributed by atoms with van der Waals surface area (Å²) in [5.74, 6) is 0.742. The van der Waals surface area contributed by atoms with E-state index in [1.54, 1.807) is 0 Å². The van der Waals surface area contributed by atoms with Gasteiger partial charge < -0.3 is 15.0 Å². The fourth-order valence-corrected chi connectivity index (χ4v) is 4.04. The number of nitrogens with one attached hydrogen (secondary N) is 1. The molecule has 3 fully saturated rings. The maximum absolute atomic E-state index is 12.9. The smallest absolute Gasteiger partial charge is 0.249 e. The van der Waals surface area contributed by atoms with E-state index < -0.39 is 5.54 Å². The molecule has 0 radical (unpaired) electrons. The van der Waals surface area contributed by atoms with Crippen molar-refractivity contribution in [3.63, 3.8) is 0 Å². The highest BCUT2D eigenvalue weighted by atomic mass is 16.5. The molecular formula is C16H26N2O3. The maximum Gasteiger partial charge on any atom is 0.249 e. The molecule has 2 heterocycles. The van der Waals surface area contributed by atoms with Gasteiger partial charge in [-0.15, -0.1) is 0 Å². The van der Waals surface area contributed by atoms with Gasteiger partial charge in [0.25, 0.3) is 0 Å². The quantitative estimate of drug-likeness (QED) is 0.854. The largest absolute Gasteiger partial charge is 0.381 e. The molecule has 5 nitrogen and oxygen atoms in total. The molecule has 2 unspecified atom stereocenters. The minimum Gasteiger partial charge on any atom is -0.381 e. The monoisotopic (exact) mass is 294 g/mol. The van der Waals surface area contributed by atoms with Gasteiger partial charge in [-0.2, -0.15) is 0 Å². The van der Waals surface area contributed by atoms with Gasteiger partial charge in [-0.3, -0.25) is 9.59 Å². The zero-order valence-corrected chi connectivity index (χ0v) is 12.9. The molecule has 1 saturated carbocycles. The zero-order valence-electron chi connectivity index (χ0n) is 12.9. The van der Waals surface area contributed by atoms with Gasteiger partial charge >= 0.3 is 0 Å². The van der Waals surface area contributed by atoms with Gasteiger partial charge in [0.2, 0.25) is 11.8 Å². The predicted molar refractivity (Wildman–Crippen MR) is 78.7 cm³/mol. The van der Waals surface area contributed by atoms with Crippen molar-refractivity contribution in [2.45, 2.75) is 63.5 Å². The Morgan fingerprint density at radius 2 is 2.10 bits per heavy atom. The molecule has 0 aromatic carbocycles. The highest BCUT2D eigenvalue weighted by Crippen LogP contribution is 2.35. The minimum absolute atomic E-state index is 0.0432. The summed E-state index contributed by atoms with van der Waals surface area (Å²) in [5, 5.41) is 3.05. The lowest BCUT2D eigenvalue weighted by molar-refractivity contribution is -0.155. The second-order valence-corrected chi connectivity index (χ2v) is 6.72. The minimum atomic E-state index is -0.588. The van der Waals surface area contributed by atoms with E-state index in [9.17, 15) is 9.59 Å². The van der Waals surface area contributed by atoms with Crippen molar-refractivity contribution in [3.8, 4) is 0 Å². The number of carbonyl (C=O) groups excluding carboxylic acids is 2. The molecule has 0 aromatic heterocycles. The van der Waals surface area contributed by atoms with E-state index in [-0.39, 0.29) is 17.9 Å². The number of ether oxygens (including phenoxy) is 1. The van der Waals surface area contributed by atoms with Crippen LogP contribution in [0.1, 0.15) is 51.9 Å². The average Bonchev–Trinajstić information content (AvgIpc) is 3.13. The normalized spacial score (nSPS) is 32.0. The number of amides is 2. The lowest BCUT2D eigenvalue weighted by Gasteiger charge is -2.44. The summed E-state index contributed by atoms with van der Waals surface area (Å²) in [6, 6.07) is -0.286. The van der Waals surface area contributed by atoms with Crippen molar-refractivity contribution < 1.29 is 14.3 Å². The van der Waals surface area contributed by atoms with E-state index in [1.165, 1.54) is 0 Å². The molecule has 118 valence electrons. The molecule has 0 bridgehead atoms. The van der Waals surface area contributed by atoms with E-state index in [0.29, 0.717) is 18.9 Å². The van der Waals surface area contributed by atoms with Crippen LogP contribution in [0.15, 0.2) is 0 Å². The summed E-state index contributed by atoms with van der Waals surface area (Å²) < 4.78 is 5.41. The third kappa shape index (κ3) is 2.68. The molecule has 2 atom stereocenters. The summed E-state index contributed by atoms with van der Waals surface area (Å²) in [7, 11) is 0. The van der Waals surface area contributed by atoms with E-state index in [4.69, 9.17) is 4.74 Å². The van der Waals surface area contributed by atoms with Crippen LogP contribution in [0, 0.1) is 5.92 Å². The van der Waals surface area contributed by atoms with Crippen molar-refractivity contribution >= 4 is 11.8 Å². The van der Waals surface area contributed by atoms with Crippen molar-refractivity contribution in [3.05, 3.63) is 0 Å². The van der Waals surface area contributed by atoms with E-state index in [1.807, 2.05) is 11.8 Å². The average molecular weight is 294 g/mol. The Labute approximate surface area is 126 Å². The first-order chi connectivity index (χ1) is 10.2. The summed E-state index contributed by atoms with van der Waals surface area (Å²) >= 11 is 0. The van der Waals surface area contributed by atoms with Gasteiger partial charge in [-0.25, -0.2) is 0 Å². The zero-order chi connectivity index (χ0) is 14.9. The van der Waals surface area contributed by atoms with Gasteiger partial charge in [0.05, 0.1) is 0 Å². The number of rotatable bonds is 4. The molecule has 1 N–H and O–H groups in total. The summed E-state index contributed by atoms with van der Waals surface area (Å²) in [5.41, 5.74) is -0.588. The van der Waals surface area contributed by atoms with Gasteiger partial charge in [0.15, 0.2) is 0 Å². The fourth-order valence-electron chi connectivity index (χ4n) is 4.04. The van der Waals surface area contributed by atoms with Gasteiger partial charge in [0.1, 0.15) is 11.6 Å². The maximum atomic E-state index is 12.9. The second kappa shape index (κ2) is 5.95. The van der Waals surface area contributed by atoms with E-state index in [0.717, 1.165) is 51.7 Å². The Morgan fingerprint density at radius 3 is 2.71 bits per heavy atom. The Kier molecular flexibility index (Phi) is 4.20. The standard InChI is InChI=1S/C16H26N2O3/c1-2-13-14(19)17-16(7-3-4-8-16)15(20)18(13)9-5-12-6-10-21-11-12/h12-13H,2-11H2,1H3,(H,17,19). The van der Waals surface area contributed by atoms with Crippen LogP contribution in [0.4, 0.5) is 0 Å². The highest BCUT2D eigenvalue weighted by Gasteiger charge is 2.51. The molecule has 2 amide bonds. The number of hydrogen-bond acceptors (Lipinski definition) is 3. The van der Waals surface area contributed by atoms with Crippen LogP contribution in [-0.4, -0.2) is 48.1 Å². The molecule has 1 spiro atoms. The van der Waals surface area contributed by atoms with Crippen LogP contribution in [-0.2, 0) is 14.3 Å². The molecule has 21 heavy (non-hydrogen) atoms. The molecule has 2 aliphatic heterocycles. The van der Waals surface area contributed by atoms with Crippen molar-refractivity contribution in [2.75, 3.05) is 19.8 Å². The molecule has 0 aromatic rings. The first-order valence-electron chi connectivity index (χ1n) is 8.37. The van der Waals surface area contributed by atoms with Crippen molar-refractivity contribution in [2.24, 2.45) is 5.92 Å². The Hall–Kier alpha value is -1.10. The van der Waals surface area contributed by atoms with E-state index >= 15 is 0 Å².